The van der Waals surface area contributed by atoms with E-state index < -0.39 is 0 Å². The number of nitrogen functional groups attached to an aromatic ring is 1. The van der Waals surface area contributed by atoms with Crippen LogP contribution >= 0.6 is 0 Å². The van der Waals surface area contributed by atoms with Crippen molar-refractivity contribution >= 4 is 17.8 Å². The second-order valence-electron chi connectivity index (χ2n) is 4.77. The molecule has 8 heteroatoms. The summed E-state index contributed by atoms with van der Waals surface area (Å²) < 4.78 is 5.19. The van der Waals surface area contributed by atoms with Gasteiger partial charge >= 0.3 is 0 Å². The average Bonchev–Trinajstić information content (AvgIpc) is 2.37. The van der Waals surface area contributed by atoms with Crippen LogP contribution in [-0.2, 0) is 4.74 Å². The van der Waals surface area contributed by atoms with Gasteiger partial charge in [0.25, 0.3) is 0 Å². The molecule has 0 spiro atoms. The van der Waals surface area contributed by atoms with Gasteiger partial charge in [0.2, 0.25) is 17.8 Å². The molecule has 0 radical (unpaired) electrons. The molecule has 0 saturated heterocycles. The van der Waals surface area contributed by atoms with Crippen LogP contribution in [0.25, 0.3) is 0 Å². The number of hydrogen-bond donors (Lipinski definition) is 3. The van der Waals surface area contributed by atoms with Gasteiger partial charge in [-0.25, -0.2) is 5.84 Å². The van der Waals surface area contributed by atoms with Gasteiger partial charge in [0.1, 0.15) is 0 Å². The lowest BCUT2D eigenvalue weighted by Crippen LogP contribution is -2.32. The van der Waals surface area contributed by atoms with Crippen molar-refractivity contribution in [1.29, 1.82) is 0 Å². The van der Waals surface area contributed by atoms with Gasteiger partial charge in [0.15, 0.2) is 0 Å². The first-order chi connectivity index (χ1) is 8.97. The Kier molecular flexibility index (Phi) is 5.71. The Bertz CT molecular complexity index is 397. The highest BCUT2D eigenvalue weighted by Crippen LogP contribution is 2.14. The zero-order chi connectivity index (χ0) is 14.4. The Morgan fingerprint density at radius 1 is 1.21 bits per heavy atom. The maximum atomic E-state index is 5.36. The van der Waals surface area contributed by atoms with Crippen LogP contribution < -0.4 is 21.5 Å². The number of hydrazine groups is 1. The summed E-state index contributed by atoms with van der Waals surface area (Å²) in [7, 11) is 5.38. The number of nitrogens with two attached hydrogens (primary N) is 1. The zero-order valence-corrected chi connectivity index (χ0v) is 12.1. The van der Waals surface area contributed by atoms with E-state index in [9.17, 15) is 0 Å². The van der Waals surface area contributed by atoms with E-state index in [-0.39, 0.29) is 6.04 Å². The van der Waals surface area contributed by atoms with Crippen LogP contribution in [0, 0.1) is 5.92 Å². The molecule has 1 aromatic heterocycles. The van der Waals surface area contributed by atoms with Gasteiger partial charge in [-0.15, -0.1) is 0 Å². The van der Waals surface area contributed by atoms with Crippen molar-refractivity contribution in [2.45, 2.75) is 19.9 Å². The summed E-state index contributed by atoms with van der Waals surface area (Å²) in [6, 6.07) is 0.119. The molecule has 0 amide bonds. The van der Waals surface area contributed by atoms with Gasteiger partial charge in [-0.05, 0) is 5.92 Å². The average molecular weight is 269 g/mol. The Hall–Kier alpha value is -1.67. The summed E-state index contributed by atoms with van der Waals surface area (Å²) in [6.45, 7) is 4.78. The summed E-state index contributed by atoms with van der Waals surface area (Å²) in [6.07, 6.45) is 0. The number of ether oxygens (including phenoxy) is 1. The SMILES string of the molecule is COCC(Nc1nc(NN)nc(N(C)C)n1)C(C)C. The topological polar surface area (TPSA) is 101 Å². The van der Waals surface area contributed by atoms with E-state index >= 15 is 0 Å². The minimum atomic E-state index is 0.119. The predicted octanol–water partition coefficient (Wildman–Crippen LogP) is 0.306. The fourth-order valence-electron chi connectivity index (χ4n) is 1.44. The van der Waals surface area contributed by atoms with Crippen molar-refractivity contribution < 1.29 is 4.74 Å². The number of rotatable bonds is 7. The second kappa shape index (κ2) is 7.05. The molecule has 8 nitrogen and oxygen atoms in total. The number of methoxy groups -OCH3 is 1. The maximum Gasteiger partial charge on any atom is 0.243 e. The van der Waals surface area contributed by atoms with Crippen LogP contribution in [0.1, 0.15) is 13.8 Å². The van der Waals surface area contributed by atoms with Gasteiger partial charge in [-0.2, -0.15) is 15.0 Å². The summed E-state index contributed by atoms with van der Waals surface area (Å²) in [5.74, 6) is 7.07. The predicted molar refractivity (Wildman–Crippen MR) is 76.1 cm³/mol. The summed E-state index contributed by atoms with van der Waals surface area (Å²) in [4.78, 5) is 14.4. The van der Waals surface area contributed by atoms with E-state index in [1.54, 1.807) is 12.0 Å². The third-order valence-corrected chi connectivity index (χ3v) is 2.62. The molecule has 1 unspecified atom stereocenters. The normalized spacial score (nSPS) is 12.4. The lowest BCUT2D eigenvalue weighted by Gasteiger charge is -2.22. The molecule has 1 atom stereocenters. The molecule has 19 heavy (non-hydrogen) atoms. The molecule has 4 N–H and O–H groups in total. The monoisotopic (exact) mass is 269 g/mol. The third kappa shape index (κ3) is 4.49. The molecular formula is C11H23N7O. The van der Waals surface area contributed by atoms with Crippen LogP contribution in [0.2, 0.25) is 0 Å². The number of nitrogens with one attached hydrogen (secondary N) is 2. The lowest BCUT2D eigenvalue weighted by molar-refractivity contribution is 0.171. The zero-order valence-electron chi connectivity index (χ0n) is 12.1. The number of nitrogens with zero attached hydrogens (tertiary/aromatic N) is 4. The first-order valence-electron chi connectivity index (χ1n) is 6.13. The molecule has 0 aromatic carbocycles. The Balaban J connectivity index is 2.95. The first-order valence-corrected chi connectivity index (χ1v) is 6.13. The van der Waals surface area contributed by atoms with Gasteiger partial charge in [-0.3, -0.25) is 5.43 Å². The fraction of sp³-hybridized carbons (Fsp3) is 0.727. The van der Waals surface area contributed by atoms with Crippen molar-refractivity contribution in [1.82, 2.24) is 15.0 Å². The summed E-state index contributed by atoms with van der Waals surface area (Å²) in [5.41, 5.74) is 2.44. The molecule has 0 aliphatic carbocycles. The number of aromatic nitrogens is 3. The van der Waals surface area contributed by atoms with Crippen molar-refractivity contribution in [3.63, 3.8) is 0 Å². The summed E-state index contributed by atoms with van der Waals surface area (Å²) in [5, 5.41) is 3.24. The van der Waals surface area contributed by atoms with Crippen LogP contribution in [-0.4, -0.2) is 48.8 Å². The van der Waals surface area contributed by atoms with Gasteiger partial charge in [-0.1, -0.05) is 13.8 Å². The molecule has 0 fully saturated rings. The molecule has 0 aliphatic heterocycles. The minimum absolute atomic E-state index is 0.119. The molecular weight excluding hydrogens is 246 g/mol. The Morgan fingerprint density at radius 3 is 2.32 bits per heavy atom. The van der Waals surface area contributed by atoms with E-state index in [0.717, 1.165) is 0 Å². The number of hydrogen-bond acceptors (Lipinski definition) is 8. The molecule has 108 valence electrons. The summed E-state index contributed by atoms with van der Waals surface area (Å²) >= 11 is 0. The van der Waals surface area contributed by atoms with Crippen molar-refractivity contribution in [2.75, 3.05) is 43.5 Å². The van der Waals surface area contributed by atoms with Crippen LogP contribution in [0.5, 0.6) is 0 Å². The second-order valence-corrected chi connectivity index (χ2v) is 4.77. The van der Waals surface area contributed by atoms with E-state index in [1.165, 1.54) is 0 Å². The van der Waals surface area contributed by atoms with Gasteiger partial charge in [0, 0.05) is 21.2 Å². The van der Waals surface area contributed by atoms with Crippen molar-refractivity contribution in [3.05, 3.63) is 0 Å². The smallest absolute Gasteiger partial charge is 0.243 e. The molecule has 0 bridgehead atoms. The third-order valence-electron chi connectivity index (χ3n) is 2.62. The highest BCUT2D eigenvalue weighted by atomic mass is 16.5. The van der Waals surface area contributed by atoms with Gasteiger partial charge < -0.3 is 15.0 Å². The molecule has 1 rings (SSSR count). The molecule has 1 heterocycles. The standard InChI is InChI=1S/C11H23N7O/c1-7(2)8(6-19-5)13-9-14-10(17-12)16-11(15-9)18(3)4/h7-8H,6,12H2,1-5H3,(H2,13,14,15,16,17). The Morgan fingerprint density at radius 2 is 1.84 bits per heavy atom. The van der Waals surface area contributed by atoms with E-state index in [1.807, 2.05) is 14.1 Å². The number of anilines is 3. The van der Waals surface area contributed by atoms with Crippen LogP contribution in [0.4, 0.5) is 17.8 Å². The fourth-order valence-corrected chi connectivity index (χ4v) is 1.44. The molecule has 0 saturated carbocycles. The van der Waals surface area contributed by atoms with Crippen LogP contribution in [0.15, 0.2) is 0 Å². The van der Waals surface area contributed by atoms with Crippen LogP contribution in [0.3, 0.4) is 0 Å². The minimum Gasteiger partial charge on any atom is -0.383 e. The van der Waals surface area contributed by atoms with Crippen molar-refractivity contribution in [2.24, 2.45) is 11.8 Å². The van der Waals surface area contributed by atoms with E-state index in [0.29, 0.717) is 30.4 Å². The van der Waals surface area contributed by atoms with Crippen molar-refractivity contribution in [3.8, 4) is 0 Å². The highest BCUT2D eigenvalue weighted by molar-refractivity contribution is 5.42. The molecule has 1 aromatic rings. The largest absolute Gasteiger partial charge is 0.383 e. The van der Waals surface area contributed by atoms with E-state index in [4.69, 9.17) is 10.6 Å². The highest BCUT2D eigenvalue weighted by Gasteiger charge is 2.16. The lowest BCUT2D eigenvalue weighted by atomic mass is 10.1. The first kappa shape index (κ1) is 15.4. The Labute approximate surface area is 113 Å². The quantitative estimate of drug-likeness (QED) is 0.480. The van der Waals surface area contributed by atoms with E-state index in [2.05, 4.69) is 39.5 Å². The molecule has 0 aliphatic rings. The van der Waals surface area contributed by atoms with Gasteiger partial charge in [0.05, 0.1) is 12.6 Å². The maximum absolute atomic E-state index is 5.36.